The summed E-state index contributed by atoms with van der Waals surface area (Å²) in [6, 6.07) is 1.58. The fourth-order valence-corrected chi connectivity index (χ4v) is 0.861. The van der Waals surface area contributed by atoms with E-state index in [0.717, 1.165) is 0 Å². The number of rotatable bonds is 0. The van der Waals surface area contributed by atoms with E-state index >= 15 is 0 Å². The van der Waals surface area contributed by atoms with Gasteiger partial charge in [-0.25, -0.2) is 4.98 Å². The molecule has 1 heterocycles. The summed E-state index contributed by atoms with van der Waals surface area (Å²) in [6.45, 7) is 0. The molecule has 0 atom stereocenters. The molecule has 0 unspecified atom stereocenters. The molecule has 0 aliphatic carbocycles. The second-order valence-electron chi connectivity index (χ2n) is 1.40. The van der Waals surface area contributed by atoms with Crippen molar-refractivity contribution < 1.29 is 5.48 Å². The van der Waals surface area contributed by atoms with Crippen LogP contribution in [0, 0.1) is 0 Å². The molecule has 0 radical (unpaired) electrons. The van der Waals surface area contributed by atoms with Gasteiger partial charge in [-0.15, -0.1) is 0 Å². The van der Waals surface area contributed by atoms with Crippen LogP contribution in [0.2, 0.25) is 15.2 Å². The Hall–Kier alpha value is -0.100. The zero-order valence-corrected chi connectivity index (χ0v) is 8.16. The molecule has 0 saturated carbocycles. The summed E-state index contributed by atoms with van der Waals surface area (Å²) < 4.78 is 0. The van der Waals surface area contributed by atoms with Crippen LogP contribution >= 0.6 is 34.8 Å². The molecule has 0 aliphatic heterocycles. The zero-order valence-electron chi connectivity index (χ0n) is 5.89. The molecule has 0 aliphatic rings. The Morgan fingerprint density at radius 2 is 1.67 bits per heavy atom. The molecule has 0 aromatic carbocycles. The Kier molecular flexibility index (Phi) is 9.07. The van der Waals surface area contributed by atoms with Crippen molar-refractivity contribution in [3.63, 3.8) is 0 Å². The maximum atomic E-state index is 5.56. The highest BCUT2D eigenvalue weighted by atomic mass is 35.5. The molecule has 70 valence electrons. The zero-order chi connectivity index (χ0) is 8.85. The molecule has 6 N–H and O–H groups in total. The van der Waals surface area contributed by atoms with Gasteiger partial charge in [0.05, 0.1) is 10.0 Å². The van der Waals surface area contributed by atoms with Crippen molar-refractivity contribution >= 4 is 34.8 Å². The first kappa shape index (κ1) is 14.4. The first-order chi connectivity index (χ1) is 5.22. The minimum absolute atomic E-state index is 0. The summed E-state index contributed by atoms with van der Waals surface area (Å²) in [6.07, 6.45) is 1.50. The normalized spacial score (nSPS) is 7.75. The molecule has 1 rings (SSSR count). The van der Waals surface area contributed by atoms with Crippen molar-refractivity contribution in [1.29, 1.82) is 0 Å². The lowest BCUT2D eigenvalue weighted by atomic mass is 10.5. The highest BCUT2D eigenvalue weighted by Gasteiger charge is 2.00. The Morgan fingerprint density at radius 1 is 1.17 bits per heavy atom. The largest absolute Gasteiger partial charge is 0.412 e. The highest BCUT2D eigenvalue weighted by molar-refractivity contribution is 6.47. The van der Waals surface area contributed by atoms with Gasteiger partial charge in [0.25, 0.3) is 0 Å². The van der Waals surface area contributed by atoms with Crippen LogP contribution in [-0.2, 0) is 0 Å². The highest BCUT2D eigenvalue weighted by Crippen LogP contribution is 2.26. The summed E-state index contributed by atoms with van der Waals surface area (Å²) in [5, 5.41) is 0.974. The fourth-order valence-electron chi connectivity index (χ4n) is 0.397. The Bertz CT molecular complexity index is 213. The second-order valence-corrected chi connectivity index (χ2v) is 2.54. The number of aromatic nitrogens is 1. The van der Waals surface area contributed by atoms with E-state index in [4.69, 9.17) is 34.8 Å². The van der Waals surface area contributed by atoms with Crippen molar-refractivity contribution in [3.8, 4) is 0 Å². The van der Waals surface area contributed by atoms with E-state index in [1.165, 1.54) is 6.20 Å². The smallest absolute Gasteiger partial charge is 0.149 e. The number of hydrazine groups is 1. The molecule has 1 aromatic rings. The van der Waals surface area contributed by atoms with E-state index in [1.807, 2.05) is 0 Å². The Balaban J connectivity index is 0. The van der Waals surface area contributed by atoms with Crippen molar-refractivity contribution in [2.75, 3.05) is 0 Å². The molecule has 0 spiro atoms. The first-order valence-corrected chi connectivity index (χ1v) is 3.64. The van der Waals surface area contributed by atoms with E-state index in [9.17, 15) is 0 Å². The van der Waals surface area contributed by atoms with Gasteiger partial charge >= 0.3 is 0 Å². The van der Waals surface area contributed by atoms with Gasteiger partial charge in [-0.3, -0.25) is 11.7 Å². The van der Waals surface area contributed by atoms with Gasteiger partial charge < -0.3 is 5.48 Å². The van der Waals surface area contributed by atoms with E-state index < -0.39 is 0 Å². The molecule has 4 nitrogen and oxygen atoms in total. The predicted octanol–water partition coefficient (Wildman–Crippen LogP) is 1.04. The van der Waals surface area contributed by atoms with Crippen LogP contribution in [0.3, 0.4) is 0 Å². The predicted molar refractivity (Wildman–Crippen MR) is 51.3 cm³/mol. The van der Waals surface area contributed by atoms with E-state index in [1.54, 1.807) is 6.07 Å². The number of hydrogen-bond donors (Lipinski definition) is 2. The summed E-state index contributed by atoms with van der Waals surface area (Å²) >= 11 is 16.6. The third-order valence-electron chi connectivity index (χ3n) is 0.800. The molecule has 0 amide bonds. The maximum absolute atomic E-state index is 5.56. The quantitative estimate of drug-likeness (QED) is 0.397. The third kappa shape index (κ3) is 4.06. The van der Waals surface area contributed by atoms with Gasteiger partial charge in [0.15, 0.2) is 0 Å². The molecule has 1 aromatic heterocycles. The minimum Gasteiger partial charge on any atom is -0.412 e. The molecular weight excluding hydrogens is 224 g/mol. The third-order valence-corrected chi connectivity index (χ3v) is 1.98. The van der Waals surface area contributed by atoms with Gasteiger partial charge in [0.2, 0.25) is 0 Å². The summed E-state index contributed by atoms with van der Waals surface area (Å²) in [5.74, 6) is 8.00. The lowest BCUT2D eigenvalue weighted by Gasteiger charge is -1.93. The number of hydrogen-bond acceptors (Lipinski definition) is 3. The minimum atomic E-state index is 0. The Morgan fingerprint density at radius 3 is 2.00 bits per heavy atom. The van der Waals surface area contributed by atoms with Gasteiger partial charge in [-0.2, -0.15) is 0 Å². The standard InChI is InChI=1S/C5H2Cl3N.H4N2.H2O/c6-3-1-2-9-5(8)4(3)7;1-2;/h1-2H;1-2H2;1H2. The van der Waals surface area contributed by atoms with Gasteiger partial charge in [-0.1, -0.05) is 34.8 Å². The number of nitrogens with zero attached hydrogens (tertiary/aromatic N) is 1. The Labute approximate surface area is 84.7 Å². The van der Waals surface area contributed by atoms with Crippen molar-refractivity contribution in [2.24, 2.45) is 11.7 Å². The van der Waals surface area contributed by atoms with Crippen molar-refractivity contribution in [2.45, 2.75) is 0 Å². The van der Waals surface area contributed by atoms with Crippen LogP contribution in [-0.4, -0.2) is 10.5 Å². The molecule has 12 heavy (non-hydrogen) atoms. The monoisotopic (exact) mass is 231 g/mol. The summed E-state index contributed by atoms with van der Waals surface area (Å²) in [7, 11) is 0. The van der Waals surface area contributed by atoms with E-state index in [2.05, 4.69) is 16.7 Å². The van der Waals surface area contributed by atoms with Crippen LogP contribution in [0.25, 0.3) is 0 Å². The van der Waals surface area contributed by atoms with Crippen LogP contribution in [0.4, 0.5) is 0 Å². The van der Waals surface area contributed by atoms with Crippen molar-refractivity contribution in [1.82, 2.24) is 4.98 Å². The van der Waals surface area contributed by atoms with Gasteiger partial charge in [0.1, 0.15) is 5.15 Å². The average molecular weight is 232 g/mol. The SMILES string of the molecule is Clc1ccnc(Cl)c1Cl.NN.O. The maximum Gasteiger partial charge on any atom is 0.149 e. The van der Waals surface area contributed by atoms with Gasteiger partial charge in [0, 0.05) is 6.20 Å². The number of halogens is 3. The number of nitrogens with two attached hydrogens (primary N) is 2. The molecule has 0 saturated heterocycles. The van der Waals surface area contributed by atoms with Crippen LogP contribution in [0.15, 0.2) is 12.3 Å². The van der Waals surface area contributed by atoms with E-state index in [-0.39, 0.29) is 10.6 Å². The topological polar surface area (TPSA) is 96.4 Å². The summed E-state index contributed by atoms with van der Waals surface area (Å²) in [5.41, 5.74) is 0. The number of pyridine rings is 1. The van der Waals surface area contributed by atoms with Crippen molar-refractivity contribution in [3.05, 3.63) is 27.5 Å². The van der Waals surface area contributed by atoms with Crippen LogP contribution < -0.4 is 11.7 Å². The first-order valence-electron chi connectivity index (χ1n) is 2.50. The average Bonchev–Trinajstić information content (AvgIpc) is 2.04. The molecule has 0 bridgehead atoms. The van der Waals surface area contributed by atoms with Crippen LogP contribution in [0.1, 0.15) is 0 Å². The fraction of sp³-hybridized carbons (Fsp3) is 0. The van der Waals surface area contributed by atoms with Gasteiger partial charge in [-0.05, 0) is 6.07 Å². The lowest BCUT2D eigenvalue weighted by Crippen LogP contribution is -2.02. The molecular formula is C5H8Cl3N3O. The summed E-state index contributed by atoms with van der Waals surface area (Å²) in [4.78, 5) is 3.69. The second kappa shape index (κ2) is 7.54. The molecule has 0 fully saturated rings. The van der Waals surface area contributed by atoms with Crippen LogP contribution in [0.5, 0.6) is 0 Å². The lowest BCUT2D eigenvalue weighted by molar-refractivity contribution is 0.824. The van der Waals surface area contributed by atoms with E-state index in [0.29, 0.717) is 10.0 Å². The molecule has 7 heteroatoms.